The molecule has 0 fully saturated rings. The highest BCUT2D eigenvalue weighted by molar-refractivity contribution is 7.99. The van der Waals surface area contributed by atoms with Crippen LogP contribution >= 0.6 is 23.1 Å². The average molecular weight is 507 g/mol. The van der Waals surface area contributed by atoms with Crippen LogP contribution in [0.5, 0.6) is 0 Å². The molecular formula is C26H26N4O3S2. The van der Waals surface area contributed by atoms with Crippen molar-refractivity contribution in [3.05, 3.63) is 70.6 Å². The van der Waals surface area contributed by atoms with Crippen molar-refractivity contribution in [1.82, 2.24) is 14.8 Å². The van der Waals surface area contributed by atoms with Crippen LogP contribution in [0.2, 0.25) is 0 Å². The number of rotatable bonds is 8. The molecule has 0 saturated heterocycles. The number of aryl methyl sites for hydroxylation is 2. The van der Waals surface area contributed by atoms with Gasteiger partial charge in [0.15, 0.2) is 11.0 Å². The Hall–Kier alpha value is -3.43. The van der Waals surface area contributed by atoms with E-state index in [-0.39, 0.29) is 11.7 Å². The third-order valence-corrected chi connectivity index (χ3v) is 7.45. The lowest BCUT2D eigenvalue weighted by Gasteiger charge is -2.09. The number of methoxy groups -OCH3 is 1. The molecule has 4 aromatic rings. The molecule has 0 bridgehead atoms. The summed E-state index contributed by atoms with van der Waals surface area (Å²) < 4.78 is 7.03. The molecule has 0 unspecified atom stereocenters. The molecule has 180 valence electrons. The van der Waals surface area contributed by atoms with Crippen molar-refractivity contribution in [2.75, 3.05) is 18.2 Å². The number of aromatic nitrogens is 3. The van der Waals surface area contributed by atoms with Gasteiger partial charge in [-0.15, -0.1) is 21.5 Å². The number of anilines is 1. The monoisotopic (exact) mass is 506 g/mol. The van der Waals surface area contributed by atoms with Crippen LogP contribution in [-0.4, -0.2) is 39.5 Å². The molecule has 2 aromatic heterocycles. The minimum Gasteiger partial charge on any atom is -0.465 e. The summed E-state index contributed by atoms with van der Waals surface area (Å²) in [5.74, 6) is 0.183. The summed E-state index contributed by atoms with van der Waals surface area (Å²) in [7, 11) is 1.34. The van der Waals surface area contributed by atoms with Crippen LogP contribution in [-0.2, 0) is 16.1 Å². The van der Waals surface area contributed by atoms with E-state index in [1.807, 2.05) is 79.9 Å². The standard InChI is InChI=1S/C26H26N4O3S2/c1-5-30-23(19-13-11-16(2)12-14-19)28-29-26(30)34-15-20(31)27-24-22(25(32)33-4)21(17(3)35-24)18-9-7-6-8-10-18/h6-14H,5,15H2,1-4H3,(H,27,31). The lowest BCUT2D eigenvalue weighted by molar-refractivity contribution is -0.113. The van der Waals surface area contributed by atoms with Crippen molar-refractivity contribution >= 4 is 40.0 Å². The molecule has 0 spiro atoms. The molecule has 2 aromatic carbocycles. The number of ether oxygens (including phenoxy) is 1. The Morgan fingerprint density at radius 2 is 1.74 bits per heavy atom. The predicted octanol–water partition coefficient (Wildman–Crippen LogP) is 5.83. The van der Waals surface area contributed by atoms with Gasteiger partial charge < -0.3 is 14.6 Å². The molecule has 0 radical (unpaired) electrons. The third kappa shape index (κ3) is 5.31. The number of thiophene rings is 1. The van der Waals surface area contributed by atoms with Crippen molar-refractivity contribution in [3.8, 4) is 22.5 Å². The van der Waals surface area contributed by atoms with Gasteiger partial charge >= 0.3 is 5.97 Å². The minimum atomic E-state index is -0.482. The van der Waals surface area contributed by atoms with E-state index in [1.54, 1.807) is 0 Å². The Bertz CT molecular complexity index is 1350. The highest BCUT2D eigenvalue weighted by Gasteiger charge is 2.25. The first-order valence-corrected chi connectivity index (χ1v) is 12.9. The molecule has 7 nitrogen and oxygen atoms in total. The highest BCUT2D eigenvalue weighted by atomic mass is 32.2. The number of amides is 1. The van der Waals surface area contributed by atoms with E-state index in [4.69, 9.17) is 4.74 Å². The van der Waals surface area contributed by atoms with E-state index >= 15 is 0 Å². The second-order valence-corrected chi connectivity index (χ2v) is 10.0. The van der Waals surface area contributed by atoms with Gasteiger partial charge in [0, 0.05) is 22.5 Å². The fourth-order valence-corrected chi connectivity index (χ4v) is 5.65. The van der Waals surface area contributed by atoms with Crippen LogP contribution in [0.4, 0.5) is 5.00 Å². The second kappa shape index (κ2) is 10.9. The first-order valence-electron chi connectivity index (χ1n) is 11.1. The SMILES string of the molecule is CCn1c(SCC(=O)Nc2sc(C)c(-c3ccccc3)c2C(=O)OC)nnc1-c1ccc(C)cc1. The van der Waals surface area contributed by atoms with Gasteiger partial charge in [-0.2, -0.15) is 0 Å². The molecule has 2 heterocycles. The molecule has 0 saturated carbocycles. The number of hydrogen-bond donors (Lipinski definition) is 1. The minimum absolute atomic E-state index is 0.129. The van der Waals surface area contributed by atoms with E-state index in [1.165, 1.54) is 35.8 Å². The van der Waals surface area contributed by atoms with Gasteiger partial charge in [-0.3, -0.25) is 4.79 Å². The first kappa shape index (κ1) is 24.7. The smallest absolute Gasteiger partial charge is 0.341 e. The number of carbonyl (C=O) groups is 2. The number of carbonyl (C=O) groups excluding carboxylic acids is 2. The number of esters is 1. The van der Waals surface area contributed by atoms with Crippen molar-refractivity contribution in [2.45, 2.75) is 32.5 Å². The van der Waals surface area contributed by atoms with E-state index in [0.29, 0.717) is 22.3 Å². The van der Waals surface area contributed by atoms with Crippen molar-refractivity contribution in [3.63, 3.8) is 0 Å². The van der Waals surface area contributed by atoms with Crippen molar-refractivity contribution in [1.29, 1.82) is 0 Å². The van der Waals surface area contributed by atoms with Crippen LogP contribution < -0.4 is 5.32 Å². The van der Waals surface area contributed by atoms with Crippen LogP contribution in [0.1, 0.15) is 27.7 Å². The zero-order valence-corrected chi connectivity index (χ0v) is 21.6. The summed E-state index contributed by atoms with van der Waals surface area (Å²) in [5, 5.41) is 12.7. The number of benzene rings is 2. The Kier molecular flexibility index (Phi) is 7.67. The van der Waals surface area contributed by atoms with Gasteiger partial charge in [-0.1, -0.05) is 71.9 Å². The van der Waals surface area contributed by atoms with Crippen molar-refractivity contribution in [2.24, 2.45) is 0 Å². The lowest BCUT2D eigenvalue weighted by Crippen LogP contribution is -2.16. The normalized spacial score (nSPS) is 10.9. The van der Waals surface area contributed by atoms with E-state index in [0.717, 1.165) is 27.4 Å². The van der Waals surface area contributed by atoms with Gasteiger partial charge in [0.25, 0.3) is 0 Å². The third-order valence-electron chi connectivity index (χ3n) is 5.46. The van der Waals surface area contributed by atoms with Gasteiger partial charge in [0.2, 0.25) is 5.91 Å². The molecule has 1 amide bonds. The van der Waals surface area contributed by atoms with E-state index in [2.05, 4.69) is 15.5 Å². The average Bonchev–Trinajstić information content (AvgIpc) is 3.43. The summed E-state index contributed by atoms with van der Waals surface area (Å²) in [5.41, 5.74) is 4.20. The van der Waals surface area contributed by atoms with E-state index in [9.17, 15) is 9.59 Å². The molecular weight excluding hydrogens is 480 g/mol. The number of thioether (sulfide) groups is 1. The molecule has 9 heteroatoms. The van der Waals surface area contributed by atoms with E-state index < -0.39 is 5.97 Å². The highest BCUT2D eigenvalue weighted by Crippen LogP contribution is 2.40. The Morgan fingerprint density at radius 1 is 1.03 bits per heavy atom. The maximum atomic E-state index is 12.9. The fraction of sp³-hybridized carbons (Fsp3) is 0.231. The summed E-state index contributed by atoms with van der Waals surface area (Å²) >= 11 is 2.68. The van der Waals surface area contributed by atoms with Crippen LogP contribution in [0, 0.1) is 13.8 Å². The second-order valence-electron chi connectivity index (χ2n) is 7.85. The Balaban J connectivity index is 1.53. The summed E-state index contributed by atoms with van der Waals surface area (Å²) in [4.78, 5) is 26.5. The Labute approximate surface area is 212 Å². The largest absolute Gasteiger partial charge is 0.465 e. The molecule has 0 aliphatic carbocycles. The van der Waals surface area contributed by atoms with Crippen LogP contribution in [0.25, 0.3) is 22.5 Å². The topological polar surface area (TPSA) is 86.1 Å². The molecule has 0 aliphatic rings. The van der Waals surface area contributed by atoms with Gasteiger partial charge in [-0.25, -0.2) is 4.79 Å². The fourth-order valence-electron chi connectivity index (χ4n) is 3.77. The first-order chi connectivity index (χ1) is 16.9. The summed E-state index contributed by atoms with van der Waals surface area (Å²) in [6.07, 6.45) is 0. The Morgan fingerprint density at radius 3 is 2.40 bits per heavy atom. The lowest BCUT2D eigenvalue weighted by atomic mass is 10.0. The summed E-state index contributed by atoms with van der Waals surface area (Å²) in [6.45, 7) is 6.67. The number of nitrogens with one attached hydrogen (secondary N) is 1. The molecule has 0 aliphatic heterocycles. The van der Waals surface area contributed by atoms with Crippen LogP contribution in [0.3, 0.4) is 0 Å². The molecule has 1 N–H and O–H groups in total. The predicted molar refractivity (Wildman–Crippen MR) is 141 cm³/mol. The summed E-state index contributed by atoms with van der Waals surface area (Å²) in [6, 6.07) is 17.7. The molecule has 0 atom stereocenters. The van der Waals surface area contributed by atoms with Crippen LogP contribution in [0.15, 0.2) is 59.8 Å². The van der Waals surface area contributed by atoms with Gasteiger partial charge in [0.1, 0.15) is 10.6 Å². The zero-order chi connectivity index (χ0) is 24.9. The number of nitrogens with zero attached hydrogens (tertiary/aromatic N) is 3. The molecule has 35 heavy (non-hydrogen) atoms. The molecule has 4 rings (SSSR count). The maximum Gasteiger partial charge on any atom is 0.341 e. The van der Waals surface area contributed by atoms with Gasteiger partial charge in [-0.05, 0) is 26.3 Å². The maximum absolute atomic E-state index is 12.9. The zero-order valence-electron chi connectivity index (χ0n) is 20.0. The number of hydrogen-bond acceptors (Lipinski definition) is 7. The quantitative estimate of drug-likeness (QED) is 0.239. The van der Waals surface area contributed by atoms with Crippen molar-refractivity contribution < 1.29 is 14.3 Å². The van der Waals surface area contributed by atoms with Gasteiger partial charge in [0.05, 0.1) is 12.9 Å².